The van der Waals surface area contributed by atoms with Gasteiger partial charge in [0.15, 0.2) is 9.84 Å². The molecule has 1 aliphatic carbocycles. The van der Waals surface area contributed by atoms with Crippen LogP contribution in [-0.4, -0.2) is 41.0 Å². The number of nitrogens with one attached hydrogen (secondary N) is 1. The first-order valence-electron chi connectivity index (χ1n) is 9.88. The van der Waals surface area contributed by atoms with Crippen molar-refractivity contribution in [3.63, 3.8) is 0 Å². The van der Waals surface area contributed by atoms with Crippen molar-refractivity contribution in [1.82, 2.24) is 9.97 Å². The number of nitrogens with zero attached hydrogens (tertiary/aromatic N) is 2. The number of rotatable bonds is 7. The van der Waals surface area contributed by atoms with Gasteiger partial charge in [0.2, 0.25) is 11.8 Å². The first kappa shape index (κ1) is 23.3. The Morgan fingerprint density at radius 2 is 1.77 bits per heavy atom. The average molecular weight is 459 g/mol. The van der Waals surface area contributed by atoms with Crippen LogP contribution in [0.2, 0.25) is 0 Å². The molecule has 0 spiro atoms. The molecule has 1 saturated carbocycles. The summed E-state index contributed by atoms with van der Waals surface area (Å²) in [7, 11) is -3.41. The van der Waals surface area contributed by atoms with Gasteiger partial charge in [0.1, 0.15) is 11.7 Å². The monoisotopic (exact) mass is 459 g/mol. The van der Waals surface area contributed by atoms with Gasteiger partial charge in [-0.05, 0) is 51.0 Å². The van der Waals surface area contributed by atoms with E-state index in [0.717, 1.165) is 12.8 Å². The molecule has 31 heavy (non-hydrogen) atoms. The van der Waals surface area contributed by atoms with Crippen LogP contribution in [0, 0.1) is 0 Å². The molecule has 0 saturated heterocycles. The summed E-state index contributed by atoms with van der Waals surface area (Å²) in [6, 6.07) is 5.91. The van der Waals surface area contributed by atoms with Crippen molar-refractivity contribution in [2.75, 3.05) is 5.32 Å². The van der Waals surface area contributed by atoms with Gasteiger partial charge >= 0.3 is 6.18 Å². The van der Waals surface area contributed by atoms with Crippen molar-refractivity contribution < 1.29 is 31.4 Å². The number of ether oxygens (including phenoxy) is 1. The van der Waals surface area contributed by atoms with Crippen LogP contribution in [0.4, 0.5) is 24.8 Å². The summed E-state index contributed by atoms with van der Waals surface area (Å²) in [5.74, 6) is -0.869. The van der Waals surface area contributed by atoms with Crippen molar-refractivity contribution in [3.05, 3.63) is 36.0 Å². The van der Waals surface area contributed by atoms with Gasteiger partial charge in [-0.3, -0.25) is 0 Å². The lowest BCUT2D eigenvalue weighted by Gasteiger charge is -2.20. The Hall–Kier alpha value is -2.40. The van der Waals surface area contributed by atoms with E-state index in [1.807, 2.05) is 0 Å². The molecular weight excluding hydrogens is 435 g/mol. The van der Waals surface area contributed by atoms with Gasteiger partial charge in [-0.25, -0.2) is 13.4 Å². The lowest BCUT2D eigenvalue weighted by Crippen LogP contribution is -2.27. The van der Waals surface area contributed by atoms with Crippen LogP contribution < -0.4 is 10.1 Å². The molecule has 0 amide bonds. The van der Waals surface area contributed by atoms with E-state index in [-0.39, 0.29) is 16.1 Å². The molecule has 0 bridgehead atoms. The van der Waals surface area contributed by atoms with Crippen LogP contribution in [-0.2, 0) is 16.0 Å². The van der Waals surface area contributed by atoms with E-state index in [9.17, 15) is 26.7 Å². The second-order valence-electron chi connectivity index (χ2n) is 7.57. The summed E-state index contributed by atoms with van der Waals surface area (Å²) in [6.45, 7) is 2.81. The Balaban J connectivity index is 1.82. The van der Waals surface area contributed by atoms with E-state index in [1.54, 1.807) is 0 Å². The van der Waals surface area contributed by atoms with E-state index in [2.05, 4.69) is 15.3 Å². The highest BCUT2D eigenvalue weighted by Crippen LogP contribution is 2.36. The highest BCUT2D eigenvalue weighted by atomic mass is 32.2. The van der Waals surface area contributed by atoms with Crippen LogP contribution in [0.25, 0.3) is 0 Å². The number of alkyl halides is 3. The molecule has 2 aromatic rings. The summed E-state index contributed by atoms with van der Waals surface area (Å²) in [5, 5.41) is 11.9. The molecular formula is C20H24F3N3O4S. The highest BCUT2D eigenvalue weighted by Gasteiger charge is 2.37. The molecule has 1 fully saturated rings. The number of hydrogen-bond acceptors (Lipinski definition) is 7. The molecule has 0 radical (unpaired) electrons. The maximum Gasteiger partial charge on any atom is 0.423 e. The minimum Gasteiger partial charge on any atom is -0.471 e. The molecule has 2 N–H and O–H groups in total. The minimum absolute atomic E-state index is 0.160. The number of anilines is 2. The molecule has 1 heterocycles. The molecule has 1 aromatic carbocycles. The first-order chi connectivity index (χ1) is 14.5. The van der Waals surface area contributed by atoms with E-state index < -0.39 is 39.7 Å². The smallest absolute Gasteiger partial charge is 0.423 e. The number of aliphatic hydroxyl groups is 1. The third-order valence-corrected chi connectivity index (χ3v) is 7.49. The fraction of sp³-hybridized carbons (Fsp3) is 0.500. The minimum atomic E-state index is -4.73. The van der Waals surface area contributed by atoms with Crippen molar-refractivity contribution in [2.45, 2.75) is 68.1 Å². The Morgan fingerprint density at radius 1 is 1.16 bits per heavy atom. The molecule has 170 valence electrons. The Morgan fingerprint density at radius 3 is 2.32 bits per heavy atom. The lowest BCUT2D eigenvalue weighted by atomic mass is 10.2. The second kappa shape index (κ2) is 8.99. The molecule has 3 rings (SSSR count). The van der Waals surface area contributed by atoms with E-state index in [4.69, 9.17) is 4.74 Å². The number of halogens is 3. The van der Waals surface area contributed by atoms with E-state index in [1.165, 1.54) is 38.1 Å². The normalized spacial score (nSPS) is 17.4. The molecule has 1 aromatic heterocycles. The van der Waals surface area contributed by atoms with Gasteiger partial charge in [0, 0.05) is 11.9 Å². The van der Waals surface area contributed by atoms with E-state index in [0.29, 0.717) is 24.7 Å². The zero-order chi connectivity index (χ0) is 22.8. The number of benzene rings is 1. The van der Waals surface area contributed by atoms with Crippen LogP contribution >= 0.6 is 0 Å². The quantitative estimate of drug-likeness (QED) is 0.643. The Kier molecular flexibility index (Phi) is 6.75. The van der Waals surface area contributed by atoms with Crippen molar-refractivity contribution in [2.24, 2.45) is 0 Å². The lowest BCUT2D eigenvalue weighted by molar-refractivity contribution is -0.140. The summed E-state index contributed by atoms with van der Waals surface area (Å²) >= 11 is 0. The van der Waals surface area contributed by atoms with Crippen molar-refractivity contribution >= 4 is 21.5 Å². The van der Waals surface area contributed by atoms with Crippen LogP contribution in [0.15, 0.2) is 35.4 Å². The summed E-state index contributed by atoms with van der Waals surface area (Å²) in [5.41, 5.74) is -0.761. The molecule has 1 aliphatic rings. The molecule has 7 nitrogen and oxygen atoms in total. The van der Waals surface area contributed by atoms with Gasteiger partial charge < -0.3 is 15.2 Å². The number of aliphatic hydroxyl groups excluding tert-OH is 1. The zero-order valence-electron chi connectivity index (χ0n) is 17.1. The zero-order valence-corrected chi connectivity index (χ0v) is 17.9. The summed E-state index contributed by atoms with van der Waals surface area (Å²) in [4.78, 5) is 7.68. The van der Waals surface area contributed by atoms with Crippen molar-refractivity contribution in [3.8, 4) is 5.88 Å². The molecule has 0 aliphatic heterocycles. The highest BCUT2D eigenvalue weighted by molar-refractivity contribution is 7.92. The molecule has 2 unspecified atom stereocenters. The first-order valence-corrected chi connectivity index (χ1v) is 11.4. The van der Waals surface area contributed by atoms with Gasteiger partial charge in [0.25, 0.3) is 0 Å². The Labute approximate surface area is 178 Å². The predicted octanol–water partition coefficient (Wildman–Crippen LogP) is 4.10. The van der Waals surface area contributed by atoms with Gasteiger partial charge in [0.05, 0.1) is 16.2 Å². The maximum absolute atomic E-state index is 13.2. The summed E-state index contributed by atoms with van der Waals surface area (Å²) < 4.78 is 70.2. The largest absolute Gasteiger partial charge is 0.471 e. The number of hydrogen-bond donors (Lipinski definition) is 2. The van der Waals surface area contributed by atoms with E-state index >= 15 is 0 Å². The molecule has 2 atom stereocenters. The van der Waals surface area contributed by atoms with Crippen LogP contribution in [0.5, 0.6) is 5.88 Å². The standard InChI is InChI=1S/C20H24F3N3O4S/c1-12(27)13(2)30-18-17(20(21,22)23)11-24-19(26-18)25-14-7-9-16(10-8-14)31(28,29)15-5-3-4-6-15/h7-13,15,27H,3-6H2,1-2H3,(H,24,25,26). The third kappa shape index (κ3) is 5.45. The topological polar surface area (TPSA) is 101 Å². The second-order valence-corrected chi connectivity index (χ2v) is 9.80. The van der Waals surface area contributed by atoms with Crippen LogP contribution in [0.1, 0.15) is 45.1 Å². The summed E-state index contributed by atoms with van der Waals surface area (Å²) in [6.07, 6.45) is -2.99. The SMILES string of the molecule is CC(O)C(C)Oc1nc(Nc2ccc(S(=O)(=O)C3CCCC3)cc2)ncc1C(F)(F)F. The predicted molar refractivity (Wildman–Crippen MR) is 108 cm³/mol. The number of aromatic nitrogens is 2. The van der Waals surface area contributed by atoms with Crippen molar-refractivity contribution in [1.29, 1.82) is 0 Å². The maximum atomic E-state index is 13.2. The van der Waals surface area contributed by atoms with Crippen LogP contribution in [0.3, 0.4) is 0 Å². The Bertz CT molecular complexity index is 1010. The fourth-order valence-corrected chi connectivity index (χ4v) is 5.09. The molecule has 11 heteroatoms. The average Bonchev–Trinajstić information content (AvgIpc) is 3.23. The van der Waals surface area contributed by atoms with Gasteiger partial charge in [-0.15, -0.1) is 0 Å². The number of sulfone groups is 1. The van der Waals surface area contributed by atoms with Gasteiger partial charge in [-0.2, -0.15) is 18.2 Å². The fourth-order valence-electron chi connectivity index (χ4n) is 3.23. The van der Waals surface area contributed by atoms with Gasteiger partial charge in [-0.1, -0.05) is 12.8 Å². The third-order valence-electron chi connectivity index (χ3n) is 5.22.